The molecule has 0 unspecified atom stereocenters. The topological polar surface area (TPSA) is 60.5 Å². The van der Waals surface area contributed by atoms with Gasteiger partial charge >= 0.3 is 5.63 Å². The van der Waals surface area contributed by atoms with Crippen LogP contribution in [0.4, 0.5) is 0 Å². The van der Waals surface area contributed by atoms with Crippen molar-refractivity contribution in [2.45, 2.75) is 38.8 Å². The van der Waals surface area contributed by atoms with Crippen LogP contribution in [0.15, 0.2) is 34.0 Å². The minimum atomic E-state index is -0.211. The third-order valence-electron chi connectivity index (χ3n) is 5.49. The van der Waals surface area contributed by atoms with Gasteiger partial charge in [0.2, 0.25) is 0 Å². The monoisotopic (exact) mass is 385 g/mol. The molecule has 3 heterocycles. The maximum absolute atomic E-state index is 12.4. The number of fused-ring (bicyclic) bond motifs is 5. The summed E-state index contributed by atoms with van der Waals surface area (Å²) in [6, 6.07) is 1.90. The predicted octanol–water partition coefficient (Wildman–Crippen LogP) is 3.37. The van der Waals surface area contributed by atoms with E-state index in [2.05, 4.69) is 14.5 Å². The van der Waals surface area contributed by atoms with E-state index in [1.807, 2.05) is 18.6 Å². The normalized spacial score (nSPS) is 16.3. The number of halogens is 1. The smallest absolute Gasteiger partial charge is 0.339 e. The highest BCUT2D eigenvalue weighted by Gasteiger charge is 2.27. The second-order valence-electron chi connectivity index (χ2n) is 7.22. The van der Waals surface area contributed by atoms with Crippen molar-refractivity contribution in [1.82, 2.24) is 14.5 Å². The summed E-state index contributed by atoms with van der Waals surface area (Å²) >= 11 is 6.51. The van der Waals surface area contributed by atoms with Gasteiger partial charge in [-0.25, -0.2) is 9.78 Å². The van der Waals surface area contributed by atoms with Crippen molar-refractivity contribution in [3.8, 4) is 5.75 Å². The van der Waals surface area contributed by atoms with E-state index in [-0.39, 0.29) is 5.63 Å². The van der Waals surface area contributed by atoms with Crippen LogP contribution in [-0.2, 0) is 25.9 Å². The lowest BCUT2D eigenvalue weighted by Gasteiger charge is -2.30. The zero-order valence-corrected chi connectivity index (χ0v) is 15.7. The Morgan fingerprint density at radius 2 is 2.07 bits per heavy atom. The molecule has 1 aliphatic heterocycles. The highest BCUT2D eigenvalue weighted by Crippen LogP contribution is 2.41. The molecular weight excluding hydrogens is 366 g/mol. The Hall–Kier alpha value is -2.31. The lowest BCUT2D eigenvalue weighted by atomic mass is 10.0. The Morgan fingerprint density at radius 3 is 2.93 bits per heavy atom. The van der Waals surface area contributed by atoms with Gasteiger partial charge in [0, 0.05) is 43.0 Å². The van der Waals surface area contributed by atoms with E-state index >= 15 is 0 Å². The summed E-state index contributed by atoms with van der Waals surface area (Å²) in [4.78, 5) is 18.7. The van der Waals surface area contributed by atoms with Crippen molar-refractivity contribution in [1.29, 1.82) is 0 Å². The maximum atomic E-state index is 12.4. The summed E-state index contributed by atoms with van der Waals surface area (Å²) in [6.45, 7) is 2.93. The average Bonchev–Trinajstić information content (AvgIpc) is 3.35. The molecule has 0 bridgehead atoms. The summed E-state index contributed by atoms with van der Waals surface area (Å²) in [6.07, 6.45) is 9.24. The van der Waals surface area contributed by atoms with Crippen LogP contribution < -0.4 is 10.4 Å². The molecule has 3 aromatic rings. The molecule has 6 nitrogen and oxygen atoms in total. The van der Waals surface area contributed by atoms with E-state index in [1.165, 1.54) is 0 Å². The molecule has 0 saturated carbocycles. The van der Waals surface area contributed by atoms with E-state index < -0.39 is 0 Å². The molecule has 0 spiro atoms. The number of ether oxygens (including phenoxy) is 1. The number of hydrogen-bond donors (Lipinski definition) is 0. The Kier molecular flexibility index (Phi) is 4.17. The summed E-state index contributed by atoms with van der Waals surface area (Å²) in [5, 5.41) is 1.56. The van der Waals surface area contributed by atoms with Gasteiger partial charge in [-0.2, -0.15) is 0 Å². The molecule has 1 aromatic carbocycles. The van der Waals surface area contributed by atoms with E-state index in [0.29, 0.717) is 29.6 Å². The van der Waals surface area contributed by atoms with Gasteiger partial charge in [0.25, 0.3) is 0 Å². The fourth-order valence-corrected chi connectivity index (χ4v) is 4.47. The largest absolute Gasteiger partial charge is 0.476 e. The quantitative estimate of drug-likeness (QED) is 0.644. The minimum Gasteiger partial charge on any atom is -0.476 e. The van der Waals surface area contributed by atoms with Crippen LogP contribution in [0.1, 0.15) is 29.5 Å². The summed E-state index contributed by atoms with van der Waals surface area (Å²) in [7, 11) is 0. The van der Waals surface area contributed by atoms with Crippen molar-refractivity contribution in [2.24, 2.45) is 0 Å². The second kappa shape index (κ2) is 6.69. The van der Waals surface area contributed by atoms with Crippen molar-refractivity contribution in [2.75, 3.05) is 13.3 Å². The first kappa shape index (κ1) is 16.8. The highest BCUT2D eigenvalue weighted by molar-refractivity contribution is 6.33. The first-order valence-corrected chi connectivity index (χ1v) is 9.69. The number of benzene rings is 1. The van der Waals surface area contributed by atoms with Crippen LogP contribution in [0.3, 0.4) is 0 Å². The summed E-state index contributed by atoms with van der Waals surface area (Å²) in [5.41, 5.74) is 3.23. The Balaban J connectivity index is 1.46. The number of hydrogen-bond acceptors (Lipinski definition) is 5. The van der Waals surface area contributed by atoms with Crippen LogP contribution in [0.5, 0.6) is 5.75 Å². The zero-order chi connectivity index (χ0) is 18.4. The number of rotatable bonds is 4. The Labute approximate surface area is 161 Å². The second-order valence-corrected chi connectivity index (χ2v) is 7.63. The minimum absolute atomic E-state index is 0.211. The SMILES string of the molecule is O=c1oc2c3c(c(Cl)cc2c2c1CCC2)OCN(CCCn1ccnc1)C3. The van der Waals surface area contributed by atoms with Crippen LogP contribution in [0.25, 0.3) is 11.0 Å². The lowest BCUT2D eigenvalue weighted by molar-refractivity contribution is 0.0934. The Bertz CT molecular complexity index is 1060. The molecular formula is C20H20ClN3O3. The van der Waals surface area contributed by atoms with Crippen molar-refractivity contribution >= 4 is 22.6 Å². The Morgan fingerprint density at radius 1 is 1.19 bits per heavy atom. The van der Waals surface area contributed by atoms with Gasteiger partial charge < -0.3 is 13.7 Å². The number of aromatic nitrogens is 2. The first-order chi connectivity index (χ1) is 13.2. The van der Waals surface area contributed by atoms with Crippen molar-refractivity contribution in [3.05, 3.63) is 56.9 Å². The molecule has 1 aliphatic carbocycles. The third-order valence-corrected chi connectivity index (χ3v) is 5.77. The van der Waals surface area contributed by atoms with Gasteiger partial charge in [0.15, 0.2) is 0 Å². The molecule has 27 heavy (non-hydrogen) atoms. The predicted molar refractivity (Wildman–Crippen MR) is 102 cm³/mol. The molecule has 140 valence electrons. The standard InChI is InChI=1S/C20H20ClN3O3/c21-17-9-15-13-3-1-4-14(13)20(25)27-18(15)16-10-24(12-26-19(16)17)7-2-6-23-8-5-22-11-23/h5,8-9,11H,1-4,6-7,10,12H2. The molecule has 0 saturated heterocycles. The van der Waals surface area contributed by atoms with E-state index in [9.17, 15) is 4.79 Å². The first-order valence-electron chi connectivity index (χ1n) is 9.31. The summed E-state index contributed by atoms with van der Waals surface area (Å²) < 4.78 is 13.7. The fourth-order valence-electron chi connectivity index (χ4n) is 4.19. The molecule has 2 aliphatic rings. The maximum Gasteiger partial charge on any atom is 0.339 e. The van der Waals surface area contributed by atoms with Crippen LogP contribution >= 0.6 is 11.6 Å². The molecule has 7 heteroatoms. The highest BCUT2D eigenvalue weighted by atomic mass is 35.5. The van der Waals surface area contributed by atoms with Gasteiger partial charge in [-0.05, 0) is 37.3 Å². The fraction of sp³-hybridized carbons (Fsp3) is 0.400. The lowest BCUT2D eigenvalue weighted by Crippen LogP contribution is -2.33. The molecule has 0 N–H and O–H groups in total. The molecule has 0 amide bonds. The van der Waals surface area contributed by atoms with E-state index in [4.69, 9.17) is 20.8 Å². The number of nitrogens with zero attached hydrogens (tertiary/aromatic N) is 3. The van der Waals surface area contributed by atoms with E-state index in [0.717, 1.165) is 60.8 Å². The van der Waals surface area contributed by atoms with Crippen LogP contribution in [-0.4, -0.2) is 27.7 Å². The zero-order valence-electron chi connectivity index (χ0n) is 14.9. The van der Waals surface area contributed by atoms with Crippen molar-refractivity contribution < 1.29 is 9.15 Å². The molecule has 0 radical (unpaired) electrons. The molecule has 0 fully saturated rings. The third kappa shape index (κ3) is 2.93. The van der Waals surface area contributed by atoms with Crippen LogP contribution in [0, 0.1) is 0 Å². The van der Waals surface area contributed by atoms with Gasteiger partial charge in [-0.1, -0.05) is 11.6 Å². The van der Waals surface area contributed by atoms with Gasteiger partial charge in [0.05, 0.1) is 16.9 Å². The van der Waals surface area contributed by atoms with E-state index in [1.54, 1.807) is 6.20 Å². The number of aryl methyl sites for hydroxylation is 2. The molecule has 0 atom stereocenters. The van der Waals surface area contributed by atoms with Crippen LogP contribution in [0.2, 0.25) is 5.02 Å². The number of imidazole rings is 1. The average molecular weight is 386 g/mol. The summed E-state index contributed by atoms with van der Waals surface area (Å²) in [5.74, 6) is 0.649. The van der Waals surface area contributed by atoms with Gasteiger partial charge in [-0.15, -0.1) is 0 Å². The van der Waals surface area contributed by atoms with Gasteiger partial charge in [0.1, 0.15) is 18.1 Å². The molecule has 2 aromatic heterocycles. The van der Waals surface area contributed by atoms with Crippen molar-refractivity contribution in [3.63, 3.8) is 0 Å². The van der Waals surface area contributed by atoms with Gasteiger partial charge in [-0.3, -0.25) is 4.90 Å². The molecule has 5 rings (SSSR count).